The van der Waals surface area contributed by atoms with Gasteiger partial charge >= 0.3 is 0 Å². The molecule has 0 saturated heterocycles. The van der Waals surface area contributed by atoms with Gasteiger partial charge in [-0.2, -0.15) is 5.26 Å². The van der Waals surface area contributed by atoms with Crippen molar-refractivity contribution in [2.75, 3.05) is 11.3 Å². The molecule has 1 atom stereocenters. The van der Waals surface area contributed by atoms with Gasteiger partial charge in [0.05, 0.1) is 28.6 Å². The summed E-state index contributed by atoms with van der Waals surface area (Å²) >= 11 is 0. The minimum atomic E-state index is -1.04. The SMILES string of the molecule is CCOc1ccc(-c2c(C#N)c3ccc(NS(=O)C4CC4)cc3n2CC)cc1.O. The predicted octanol–water partition coefficient (Wildman–Crippen LogP) is 4.01. The Labute approximate surface area is 173 Å². The average Bonchev–Trinajstić information content (AvgIpc) is 3.51. The number of rotatable bonds is 7. The van der Waals surface area contributed by atoms with Crippen LogP contribution in [0.3, 0.4) is 0 Å². The number of hydrogen-bond acceptors (Lipinski definition) is 3. The molecule has 0 spiro atoms. The molecule has 29 heavy (non-hydrogen) atoms. The van der Waals surface area contributed by atoms with E-state index in [0.717, 1.165) is 53.0 Å². The van der Waals surface area contributed by atoms with Gasteiger partial charge in [0.25, 0.3) is 0 Å². The number of nitriles is 1. The van der Waals surface area contributed by atoms with Gasteiger partial charge in [-0.25, -0.2) is 4.21 Å². The van der Waals surface area contributed by atoms with Gasteiger partial charge in [-0.05, 0) is 74.7 Å². The van der Waals surface area contributed by atoms with Crippen LogP contribution in [0, 0.1) is 11.3 Å². The lowest BCUT2D eigenvalue weighted by Crippen LogP contribution is -2.08. The molecule has 1 aliphatic rings. The van der Waals surface area contributed by atoms with Crippen LogP contribution in [0.5, 0.6) is 5.75 Å². The predicted molar refractivity (Wildman–Crippen MR) is 117 cm³/mol. The van der Waals surface area contributed by atoms with E-state index in [4.69, 9.17) is 4.74 Å². The van der Waals surface area contributed by atoms with Crippen molar-refractivity contribution < 1.29 is 14.4 Å². The third-order valence-corrected chi connectivity index (χ3v) is 6.49. The van der Waals surface area contributed by atoms with Crippen LogP contribution < -0.4 is 9.46 Å². The molecule has 152 valence electrons. The Kier molecular flexibility index (Phi) is 6.26. The Morgan fingerprint density at radius 2 is 1.93 bits per heavy atom. The number of anilines is 1. The highest BCUT2D eigenvalue weighted by molar-refractivity contribution is 7.87. The summed E-state index contributed by atoms with van der Waals surface area (Å²) in [7, 11) is -1.04. The van der Waals surface area contributed by atoms with Crippen LogP contribution >= 0.6 is 0 Å². The summed E-state index contributed by atoms with van der Waals surface area (Å²) in [6.45, 7) is 5.38. The molecule has 1 heterocycles. The van der Waals surface area contributed by atoms with Crippen molar-refractivity contribution in [3.05, 3.63) is 48.0 Å². The molecule has 1 fully saturated rings. The zero-order valence-electron chi connectivity index (χ0n) is 16.6. The van der Waals surface area contributed by atoms with Gasteiger partial charge < -0.3 is 19.5 Å². The van der Waals surface area contributed by atoms with Crippen LogP contribution in [0.2, 0.25) is 0 Å². The first-order valence-corrected chi connectivity index (χ1v) is 10.8. The van der Waals surface area contributed by atoms with Crippen molar-refractivity contribution in [1.29, 1.82) is 5.26 Å². The zero-order valence-corrected chi connectivity index (χ0v) is 17.4. The lowest BCUT2D eigenvalue weighted by molar-refractivity contribution is 0.340. The van der Waals surface area contributed by atoms with Crippen LogP contribution in [0.1, 0.15) is 32.3 Å². The van der Waals surface area contributed by atoms with Crippen molar-refractivity contribution in [3.63, 3.8) is 0 Å². The number of aryl methyl sites for hydroxylation is 1. The molecule has 4 rings (SSSR count). The summed E-state index contributed by atoms with van der Waals surface area (Å²) in [5, 5.41) is 11.0. The first kappa shape index (κ1) is 20.9. The molecular weight excluding hydrogens is 386 g/mol. The standard InChI is InChI=1S/C22H23N3O2S.H2O/c1-3-25-21-13-16(24-28(26)18-10-11-18)7-12-19(21)20(14-23)22(25)15-5-8-17(9-6-15)27-4-2;/h5-9,12-13,18,24H,3-4,10-11H2,1-2H3;1H2. The first-order chi connectivity index (χ1) is 13.7. The number of fused-ring (bicyclic) bond motifs is 1. The summed E-state index contributed by atoms with van der Waals surface area (Å²) < 4.78 is 23.0. The molecule has 1 aliphatic carbocycles. The quantitative estimate of drug-likeness (QED) is 0.636. The van der Waals surface area contributed by atoms with Gasteiger partial charge in [0.15, 0.2) is 0 Å². The smallest absolute Gasteiger partial charge is 0.120 e. The number of nitrogens with zero attached hydrogens (tertiary/aromatic N) is 2. The molecule has 1 saturated carbocycles. The Morgan fingerprint density at radius 3 is 2.52 bits per heavy atom. The molecular formula is C22H25N3O3S. The zero-order chi connectivity index (χ0) is 19.7. The van der Waals surface area contributed by atoms with Gasteiger partial charge in [-0.15, -0.1) is 0 Å². The van der Waals surface area contributed by atoms with Crippen molar-refractivity contribution >= 4 is 27.6 Å². The summed E-state index contributed by atoms with van der Waals surface area (Å²) in [5.41, 5.74) is 4.35. The van der Waals surface area contributed by atoms with Gasteiger partial charge in [0.1, 0.15) is 22.8 Å². The molecule has 7 heteroatoms. The molecule has 1 aromatic heterocycles. The van der Waals surface area contributed by atoms with Gasteiger partial charge in [-0.1, -0.05) is 0 Å². The number of nitrogens with one attached hydrogen (secondary N) is 1. The maximum atomic E-state index is 12.2. The van der Waals surface area contributed by atoms with E-state index in [-0.39, 0.29) is 10.7 Å². The van der Waals surface area contributed by atoms with E-state index < -0.39 is 11.0 Å². The molecule has 1 unspecified atom stereocenters. The van der Waals surface area contributed by atoms with E-state index in [1.54, 1.807) is 0 Å². The largest absolute Gasteiger partial charge is 0.494 e. The van der Waals surface area contributed by atoms with Gasteiger partial charge in [-0.3, -0.25) is 0 Å². The summed E-state index contributed by atoms with van der Waals surface area (Å²) in [4.78, 5) is 0. The molecule has 3 aromatic rings. The van der Waals surface area contributed by atoms with Crippen LogP contribution in [0.25, 0.3) is 22.2 Å². The van der Waals surface area contributed by atoms with E-state index in [1.165, 1.54) is 0 Å². The van der Waals surface area contributed by atoms with E-state index in [9.17, 15) is 9.47 Å². The van der Waals surface area contributed by atoms with Gasteiger partial charge in [0.2, 0.25) is 0 Å². The average molecular weight is 412 g/mol. The number of hydrogen-bond donors (Lipinski definition) is 1. The van der Waals surface area contributed by atoms with Crippen LogP contribution in [-0.4, -0.2) is 26.1 Å². The lowest BCUT2D eigenvalue weighted by Gasteiger charge is -2.10. The molecule has 0 aliphatic heterocycles. The molecule has 0 amide bonds. The van der Waals surface area contributed by atoms with Crippen molar-refractivity contribution in [1.82, 2.24) is 4.57 Å². The van der Waals surface area contributed by atoms with Crippen molar-refractivity contribution in [2.24, 2.45) is 0 Å². The highest BCUT2D eigenvalue weighted by Crippen LogP contribution is 2.36. The number of aromatic nitrogens is 1. The highest BCUT2D eigenvalue weighted by atomic mass is 32.2. The van der Waals surface area contributed by atoms with E-state index in [0.29, 0.717) is 12.2 Å². The van der Waals surface area contributed by atoms with Crippen LogP contribution in [-0.2, 0) is 17.5 Å². The lowest BCUT2D eigenvalue weighted by atomic mass is 10.1. The maximum Gasteiger partial charge on any atom is 0.120 e. The van der Waals surface area contributed by atoms with Crippen molar-refractivity contribution in [3.8, 4) is 23.1 Å². The Balaban J connectivity index is 0.00000240. The van der Waals surface area contributed by atoms with Gasteiger partial charge in [0, 0.05) is 17.6 Å². The Bertz CT molecular complexity index is 1080. The fraction of sp³-hybridized carbons (Fsp3) is 0.318. The molecule has 6 nitrogen and oxygen atoms in total. The normalized spacial score (nSPS) is 14.1. The highest BCUT2D eigenvalue weighted by Gasteiger charge is 2.28. The topological polar surface area (TPSA) is 98.5 Å². The van der Waals surface area contributed by atoms with Crippen molar-refractivity contribution in [2.45, 2.75) is 38.5 Å². The third kappa shape index (κ3) is 4.00. The monoisotopic (exact) mass is 411 g/mol. The molecule has 2 aromatic carbocycles. The summed E-state index contributed by atoms with van der Waals surface area (Å²) in [6.07, 6.45) is 2.04. The van der Waals surface area contributed by atoms with Crippen LogP contribution in [0.15, 0.2) is 42.5 Å². The molecule has 0 bridgehead atoms. The second-order valence-electron chi connectivity index (χ2n) is 6.87. The molecule has 3 N–H and O–H groups in total. The third-order valence-electron chi connectivity index (χ3n) is 4.98. The fourth-order valence-electron chi connectivity index (χ4n) is 3.51. The fourth-order valence-corrected chi connectivity index (χ4v) is 4.60. The first-order valence-electron chi connectivity index (χ1n) is 9.63. The maximum absolute atomic E-state index is 12.2. The molecule has 0 radical (unpaired) electrons. The Hall–Kier alpha value is -2.82. The second-order valence-corrected chi connectivity index (χ2v) is 8.33. The second kappa shape index (κ2) is 8.68. The minimum absolute atomic E-state index is 0. The Morgan fingerprint density at radius 1 is 1.21 bits per heavy atom. The van der Waals surface area contributed by atoms with E-state index in [1.807, 2.05) is 49.4 Å². The van der Waals surface area contributed by atoms with E-state index in [2.05, 4.69) is 22.3 Å². The minimum Gasteiger partial charge on any atom is -0.494 e. The van der Waals surface area contributed by atoms with E-state index >= 15 is 0 Å². The summed E-state index contributed by atoms with van der Waals surface area (Å²) in [5.74, 6) is 0.818. The number of benzene rings is 2. The summed E-state index contributed by atoms with van der Waals surface area (Å²) in [6, 6.07) is 16.1. The number of ether oxygens (including phenoxy) is 1. The van der Waals surface area contributed by atoms with Crippen LogP contribution in [0.4, 0.5) is 5.69 Å².